The Labute approximate surface area is 222 Å². The van der Waals surface area contributed by atoms with E-state index in [1.54, 1.807) is 0 Å². The Hall–Kier alpha value is -0.530. The van der Waals surface area contributed by atoms with E-state index in [1.165, 1.54) is 154 Å². The summed E-state index contributed by atoms with van der Waals surface area (Å²) in [6, 6.07) is 0. The number of esters is 1. The molecule has 0 saturated carbocycles. The smallest absolute Gasteiger partial charge is 0.306 e. The van der Waals surface area contributed by atoms with E-state index < -0.39 is 0 Å². The second-order valence-corrected chi connectivity index (χ2v) is 11.2. The second kappa shape index (κ2) is 29.7. The summed E-state index contributed by atoms with van der Waals surface area (Å²) in [5, 5.41) is 0. The molecule has 1 unspecified atom stereocenters. The average molecular weight is 495 g/mol. The van der Waals surface area contributed by atoms with Gasteiger partial charge in [0, 0.05) is 6.42 Å². The van der Waals surface area contributed by atoms with Gasteiger partial charge in [-0.3, -0.25) is 4.79 Å². The van der Waals surface area contributed by atoms with Crippen molar-refractivity contribution in [3.05, 3.63) is 0 Å². The molecule has 0 aromatic heterocycles. The first-order chi connectivity index (χ1) is 17.2. The molecule has 0 aliphatic heterocycles. The minimum Gasteiger partial charge on any atom is -0.462 e. The fourth-order valence-electron chi connectivity index (χ4n) is 5.10. The first kappa shape index (κ1) is 34.5. The summed E-state index contributed by atoms with van der Waals surface area (Å²) in [5.41, 5.74) is 0. The van der Waals surface area contributed by atoms with E-state index in [0.29, 0.717) is 6.42 Å². The highest BCUT2D eigenvalue weighted by Gasteiger charge is 2.14. The van der Waals surface area contributed by atoms with E-state index in [4.69, 9.17) is 4.74 Å². The van der Waals surface area contributed by atoms with Gasteiger partial charge in [0.15, 0.2) is 0 Å². The van der Waals surface area contributed by atoms with Gasteiger partial charge in [-0.2, -0.15) is 0 Å². The van der Waals surface area contributed by atoms with Crippen molar-refractivity contribution in [3.8, 4) is 0 Å². The fraction of sp³-hybridized carbons (Fsp3) is 0.970. The van der Waals surface area contributed by atoms with Crippen molar-refractivity contribution in [1.29, 1.82) is 0 Å². The van der Waals surface area contributed by atoms with Crippen LogP contribution >= 0.6 is 0 Å². The molecule has 0 aliphatic carbocycles. The third kappa shape index (κ3) is 27.9. The normalized spacial score (nSPS) is 12.2. The van der Waals surface area contributed by atoms with Gasteiger partial charge in [0.25, 0.3) is 0 Å². The van der Waals surface area contributed by atoms with Crippen LogP contribution in [0.1, 0.15) is 201 Å². The number of carbonyl (C=O) groups is 1. The Morgan fingerprint density at radius 1 is 0.429 bits per heavy atom. The molecule has 0 aliphatic rings. The van der Waals surface area contributed by atoms with Crippen LogP contribution in [0, 0.1) is 0 Å². The number of hydrogen-bond acceptors (Lipinski definition) is 2. The van der Waals surface area contributed by atoms with Crippen molar-refractivity contribution < 1.29 is 9.53 Å². The Bertz CT molecular complexity index is 406. The summed E-state index contributed by atoms with van der Waals surface area (Å²) >= 11 is 0. The van der Waals surface area contributed by atoms with Crippen molar-refractivity contribution in [1.82, 2.24) is 0 Å². The molecule has 0 fully saturated rings. The summed E-state index contributed by atoms with van der Waals surface area (Å²) in [7, 11) is 0. The fourth-order valence-corrected chi connectivity index (χ4v) is 5.10. The predicted octanol–water partition coefficient (Wildman–Crippen LogP) is 11.9. The maximum atomic E-state index is 12.5. The maximum Gasteiger partial charge on any atom is 0.306 e. The highest BCUT2D eigenvalue weighted by Crippen LogP contribution is 2.18. The van der Waals surface area contributed by atoms with Crippen molar-refractivity contribution in [2.24, 2.45) is 0 Å². The van der Waals surface area contributed by atoms with Crippen LogP contribution in [-0.4, -0.2) is 12.1 Å². The van der Waals surface area contributed by atoms with E-state index in [0.717, 1.165) is 19.3 Å². The van der Waals surface area contributed by atoms with Gasteiger partial charge in [-0.1, -0.05) is 162 Å². The molecule has 0 heterocycles. The Kier molecular flexibility index (Phi) is 29.2. The lowest BCUT2D eigenvalue weighted by atomic mass is 10.0. The van der Waals surface area contributed by atoms with Crippen LogP contribution in [0.15, 0.2) is 0 Å². The Morgan fingerprint density at radius 2 is 0.714 bits per heavy atom. The number of hydrogen-bond donors (Lipinski definition) is 0. The van der Waals surface area contributed by atoms with Gasteiger partial charge in [-0.05, 0) is 32.1 Å². The van der Waals surface area contributed by atoms with E-state index in [-0.39, 0.29) is 12.1 Å². The molecule has 0 aromatic rings. The SMILES string of the molecule is CCCCCCCCCCCCCCCC(=O)OC(CCCCCCC)CCCCCCCCC. The maximum absolute atomic E-state index is 12.5. The second-order valence-electron chi connectivity index (χ2n) is 11.2. The van der Waals surface area contributed by atoms with Crippen LogP contribution in [-0.2, 0) is 9.53 Å². The molecule has 2 heteroatoms. The minimum atomic E-state index is 0.0644. The third-order valence-electron chi connectivity index (χ3n) is 7.54. The summed E-state index contributed by atoms with van der Waals surface area (Å²) in [6.07, 6.45) is 36.2. The molecular weight excluding hydrogens is 428 g/mol. The van der Waals surface area contributed by atoms with Gasteiger partial charge >= 0.3 is 5.97 Å². The quantitative estimate of drug-likeness (QED) is 0.0763. The lowest BCUT2D eigenvalue weighted by Gasteiger charge is -2.18. The van der Waals surface area contributed by atoms with Crippen LogP contribution in [0.4, 0.5) is 0 Å². The van der Waals surface area contributed by atoms with E-state index >= 15 is 0 Å². The molecule has 2 nitrogen and oxygen atoms in total. The van der Waals surface area contributed by atoms with Crippen LogP contribution in [0.5, 0.6) is 0 Å². The molecule has 0 amide bonds. The van der Waals surface area contributed by atoms with Gasteiger partial charge in [0.1, 0.15) is 6.10 Å². The zero-order chi connectivity index (χ0) is 25.7. The van der Waals surface area contributed by atoms with Crippen molar-refractivity contribution >= 4 is 5.97 Å². The minimum absolute atomic E-state index is 0.0644. The topological polar surface area (TPSA) is 26.3 Å². The molecule has 0 radical (unpaired) electrons. The summed E-state index contributed by atoms with van der Waals surface area (Å²) in [4.78, 5) is 12.5. The summed E-state index contributed by atoms with van der Waals surface area (Å²) < 4.78 is 5.97. The molecular formula is C33H66O2. The molecule has 0 saturated heterocycles. The van der Waals surface area contributed by atoms with Crippen molar-refractivity contribution in [2.45, 2.75) is 207 Å². The Morgan fingerprint density at radius 3 is 1.06 bits per heavy atom. The summed E-state index contributed by atoms with van der Waals surface area (Å²) in [6.45, 7) is 6.83. The predicted molar refractivity (Wildman–Crippen MR) is 156 cm³/mol. The number of unbranched alkanes of at least 4 members (excludes halogenated alkanes) is 22. The summed E-state index contributed by atoms with van der Waals surface area (Å²) in [5.74, 6) is 0.0644. The lowest BCUT2D eigenvalue weighted by Crippen LogP contribution is -2.18. The van der Waals surface area contributed by atoms with Crippen molar-refractivity contribution in [3.63, 3.8) is 0 Å². The average Bonchev–Trinajstić information content (AvgIpc) is 2.86. The zero-order valence-electron chi connectivity index (χ0n) is 24.7. The lowest BCUT2D eigenvalue weighted by molar-refractivity contribution is -0.150. The molecule has 0 spiro atoms. The standard InChI is InChI=1S/C33H66O2/c1-4-7-10-13-15-16-17-18-19-20-22-25-28-31-33(34)35-32(29-26-23-12-9-6-3)30-27-24-21-14-11-8-5-2/h32H,4-31H2,1-3H3. The molecule has 210 valence electrons. The third-order valence-corrected chi connectivity index (χ3v) is 7.54. The first-order valence-electron chi connectivity index (χ1n) is 16.4. The molecule has 0 N–H and O–H groups in total. The molecule has 0 rings (SSSR count). The van der Waals surface area contributed by atoms with Crippen LogP contribution in [0.2, 0.25) is 0 Å². The zero-order valence-corrected chi connectivity index (χ0v) is 24.7. The molecule has 0 aromatic carbocycles. The van der Waals surface area contributed by atoms with Gasteiger partial charge in [-0.15, -0.1) is 0 Å². The Balaban J connectivity index is 3.82. The highest BCUT2D eigenvalue weighted by molar-refractivity contribution is 5.69. The van der Waals surface area contributed by atoms with Crippen LogP contribution < -0.4 is 0 Å². The molecule has 1 atom stereocenters. The number of rotatable bonds is 29. The molecule has 0 bridgehead atoms. The van der Waals surface area contributed by atoms with Gasteiger partial charge in [0.2, 0.25) is 0 Å². The highest BCUT2D eigenvalue weighted by atomic mass is 16.5. The largest absolute Gasteiger partial charge is 0.462 e. The van der Waals surface area contributed by atoms with Gasteiger partial charge in [0.05, 0.1) is 0 Å². The van der Waals surface area contributed by atoms with Crippen LogP contribution in [0.25, 0.3) is 0 Å². The van der Waals surface area contributed by atoms with E-state index in [1.807, 2.05) is 0 Å². The van der Waals surface area contributed by atoms with E-state index in [2.05, 4.69) is 20.8 Å². The number of carbonyl (C=O) groups excluding carboxylic acids is 1. The number of ether oxygens (including phenoxy) is 1. The van der Waals surface area contributed by atoms with Crippen molar-refractivity contribution in [2.75, 3.05) is 0 Å². The van der Waals surface area contributed by atoms with E-state index in [9.17, 15) is 4.79 Å². The first-order valence-corrected chi connectivity index (χ1v) is 16.4. The van der Waals surface area contributed by atoms with Crippen LogP contribution in [0.3, 0.4) is 0 Å². The monoisotopic (exact) mass is 495 g/mol. The van der Waals surface area contributed by atoms with Gasteiger partial charge in [-0.25, -0.2) is 0 Å². The molecule has 35 heavy (non-hydrogen) atoms. The van der Waals surface area contributed by atoms with Gasteiger partial charge < -0.3 is 4.74 Å².